The summed E-state index contributed by atoms with van der Waals surface area (Å²) in [7, 11) is 1.96. The topological polar surface area (TPSA) is 41.9 Å². The molecule has 0 aliphatic carbocycles. The third-order valence-corrected chi connectivity index (χ3v) is 3.92. The molecule has 106 valence electrons. The second kappa shape index (κ2) is 6.20. The largest absolute Gasteiger partial charge is 0.313 e. The molecule has 4 nitrogen and oxygen atoms in total. The molecule has 1 atom stereocenters. The number of rotatable bonds is 4. The highest BCUT2D eigenvalue weighted by Gasteiger charge is 2.17. The fraction of sp³-hybridized carbons (Fsp3) is 0.438. The van der Waals surface area contributed by atoms with Gasteiger partial charge in [0, 0.05) is 25.8 Å². The van der Waals surface area contributed by atoms with Gasteiger partial charge in [-0.15, -0.1) is 0 Å². The van der Waals surface area contributed by atoms with E-state index in [0.29, 0.717) is 6.04 Å². The molecular formula is C16H22N4. The summed E-state index contributed by atoms with van der Waals surface area (Å²) in [5.41, 5.74) is 4.16. The fourth-order valence-corrected chi connectivity index (χ4v) is 2.86. The van der Waals surface area contributed by atoms with E-state index >= 15 is 0 Å². The van der Waals surface area contributed by atoms with Gasteiger partial charge in [0.2, 0.25) is 0 Å². The first-order valence-electron chi connectivity index (χ1n) is 7.32. The molecule has 0 radical (unpaired) electrons. The van der Waals surface area contributed by atoms with Crippen molar-refractivity contribution in [3.63, 3.8) is 0 Å². The van der Waals surface area contributed by atoms with Gasteiger partial charge in [-0.1, -0.05) is 24.3 Å². The van der Waals surface area contributed by atoms with E-state index in [1.807, 2.05) is 17.9 Å². The lowest BCUT2D eigenvalue weighted by Crippen LogP contribution is -2.25. The van der Waals surface area contributed by atoms with Crippen LogP contribution in [0.2, 0.25) is 0 Å². The van der Waals surface area contributed by atoms with Crippen molar-refractivity contribution >= 4 is 0 Å². The number of aryl methyl sites for hydroxylation is 1. The zero-order valence-corrected chi connectivity index (χ0v) is 12.0. The van der Waals surface area contributed by atoms with E-state index in [0.717, 1.165) is 32.5 Å². The lowest BCUT2D eigenvalue weighted by Gasteiger charge is -2.18. The lowest BCUT2D eigenvalue weighted by molar-refractivity contribution is 0.499. The minimum atomic E-state index is 0.456. The average Bonchev–Trinajstić information content (AvgIpc) is 2.76. The van der Waals surface area contributed by atoms with Crippen LogP contribution in [0.3, 0.4) is 0 Å². The van der Waals surface area contributed by atoms with Gasteiger partial charge in [0.05, 0.1) is 6.20 Å². The molecular weight excluding hydrogens is 248 g/mol. The van der Waals surface area contributed by atoms with Crippen molar-refractivity contribution < 1.29 is 0 Å². The first-order chi connectivity index (χ1) is 9.83. The van der Waals surface area contributed by atoms with E-state index in [1.54, 1.807) is 0 Å². The molecule has 0 saturated carbocycles. The zero-order chi connectivity index (χ0) is 13.8. The SMILES string of the molecule is Cn1cc(CCNC2CCNCc3ccccc32)cn1. The maximum atomic E-state index is 4.21. The Bertz CT molecular complexity index is 561. The normalized spacial score (nSPS) is 18.6. The van der Waals surface area contributed by atoms with Gasteiger partial charge in [0.1, 0.15) is 0 Å². The summed E-state index contributed by atoms with van der Waals surface area (Å²) in [6.07, 6.45) is 6.21. The number of nitrogens with zero attached hydrogens (tertiary/aromatic N) is 2. The van der Waals surface area contributed by atoms with E-state index in [1.165, 1.54) is 16.7 Å². The summed E-state index contributed by atoms with van der Waals surface area (Å²) in [4.78, 5) is 0. The molecule has 1 aliphatic rings. The lowest BCUT2D eigenvalue weighted by atomic mass is 9.99. The van der Waals surface area contributed by atoms with Crippen LogP contribution in [-0.2, 0) is 20.0 Å². The summed E-state index contributed by atoms with van der Waals surface area (Å²) in [6, 6.07) is 9.20. The predicted molar refractivity (Wildman–Crippen MR) is 80.4 cm³/mol. The van der Waals surface area contributed by atoms with Crippen LogP contribution in [-0.4, -0.2) is 22.9 Å². The van der Waals surface area contributed by atoms with E-state index in [4.69, 9.17) is 0 Å². The van der Waals surface area contributed by atoms with Gasteiger partial charge in [-0.2, -0.15) is 5.10 Å². The van der Waals surface area contributed by atoms with Gasteiger partial charge in [-0.25, -0.2) is 0 Å². The third kappa shape index (κ3) is 3.08. The number of fused-ring (bicyclic) bond motifs is 1. The second-order valence-electron chi connectivity index (χ2n) is 5.44. The molecule has 0 spiro atoms. The smallest absolute Gasteiger partial charge is 0.0522 e. The number of hydrogen-bond donors (Lipinski definition) is 2. The van der Waals surface area contributed by atoms with Crippen molar-refractivity contribution in [2.24, 2.45) is 7.05 Å². The van der Waals surface area contributed by atoms with Gasteiger partial charge in [0.15, 0.2) is 0 Å². The molecule has 0 bridgehead atoms. The van der Waals surface area contributed by atoms with Crippen LogP contribution < -0.4 is 10.6 Å². The Balaban J connectivity index is 1.62. The number of aromatic nitrogens is 2. The van der Waals surface area contributed by atoms with Crippen LogP contribution >= 0.6 is 0 Å². The van der Waals surface area contributed by atoms with Crippen molar-refractivity contribution in [2.45, 2.75) is 25.4 Å². The molecule has 0 saturated heterocycles. The average molecular weight is 270 g/mol. The number of hydrogen-bond acceptors (Lipinski definition) is 3. The molecule has 2 N–H and O–H groups in total. The molecule has 2 heterocycles. The molecule has 1 unspecified atom stereocenters. The first kappa shape index (κ1) is 13.3. The second-order valence-corrected chi connectivity index (χ2v) is 5.44. The highest BCUT2D eigenvalue weighted by Crippen LogP contribution is 2.23. The maximum Gasteiger partial charge on any atom is 0.0522 e. The van der Waals surface area contributed by atoms with Crippen LogP contribution in [0.4, 0.5) is 0 Å². The van der Waals surface area contributed by atoms with Crippen LogP contribution in [0.25, 0.3) is 0 Å². The quantitative estimate of drug-likeness (QED) is 0.890. The fourth-order valence-electron chi connectivity index (χ4n) is 2.86. The number of nitrogens with one attached hydrogen (secondary N) is 2. The third-order valence-electron chi connectivity index (χ3n) is 3.92. The molecule has 1 aromatic heterocycles. The van der Waals surface area contributed by atoms with Crippen LogP contribution in [0.1, 0.15) is 29.2 Å². The summed E-state index contributed by atoms with van der Waals surface area (Å²) in [5, 5.41) is 11.4. The Morgan fingerprint density at radius 2 is 2.30 bits per heavy atom. The minimum Gasteiger partial charge on any atom is -0.313 e. The van der Waals surface area contributed by atoms with Crippen LogP contribution in [0.5, 0.6) is 0 Å². The minimum absolute atomic E-state index is 0.456. The van der Waals surface area contributed by atoms with Crippen LogP contribution in [0, 0.1) is 0 Å². The van der Waals surface area contributed by atoms with Gasteiger partial charge in [-0.3, -0.25) is 4.68 Å². The van der Waals surface area contributed by atoms with Gasteiger partial charge >= 0.3 is 0 Å². The zero-order valence-electron chi connectivity index (χ0n) is 12.0. The van der Waals surface area contributed by atoms with Gasteiger partial charge in [-0.05, 0) is 42.6 Å². The summed E-state index contributed by atoms with van der Waals surface area (Å²) in [6.45, 7) is 3.04. The van der Waals surface area contributed by atoms with E-state index in [-0.39, 0.29) is 0 Å². The summed E-state index contributed by atoms with van der Waals surface area (Å²) < 4.78 is 1.86. The predicted octanol–water partition coefficient (Wildman–Crippen LogP) is 1.79. The first-order valence-corrected chi connectivity index (χ1v) is 7.32. The Kier molecular flexibility index (Phi) is 4.14. The number of benzene rings is 1. The van der Waals surface area contributed by atoms with E-state index < -0.39 is 0 Å². The Hall–Kier alpha value is -1.65. The molecule has 0 fully saturated rings. The Morgan fingerprint density at radius 1 is 1.40 bits per heavy atom. The molecule has 0 amide bonds. The molecule has 1 aliphatic heterocycles. The molecule has 1 aromatic carbocycles. The summed E-state index contributed by atoms with van der Waals surface area (Å²) in [5.74, 6) is 0. The highest BCUT2D eigenvalue weighted by molar-refractivity contribution is 5.31. The summed E-state index contributed by atoms with van der Waals surface area (Å²) >= 11 is 0. The van der Waals surface area contributed by atoms with Crippen molar-refractivity contribution in [2.75, 3.05) is 13.1 Å². The van der Waals surface area contributed by atoms with Crippen LogP contribution in [0.15, 0.2) is 36.7 Å². The standard InChI is InChI=1S/C16H22N4/c1-20-12-13(10-19-20)6-9-18-16-7-8-17-11-14-4-2-3-5-15(14)16/h2-5,10,12,16-18H,6-9,11H2,1H3. The Morgan fingerprint density at radius 3 is 3.15 bits per heavy atom. The molecule has 3 rings (SSSR count). The molecule has 2 aromatic rings. The Labute approximate surface area is 120 Å². The van der Waals surface area contributed by atoms with Crippen molar-refractivity contribution in [3.8, 4) is 0 Å². The van der Waals surface area contributed by atoms with E-state index in [9.17, 15) is 0 Å². The molecule has 4 heteroatoms. The van der Waals surface area contributed by atoms with E-state index in [2.05, 4.69) is 46.2 Å². The highest BCUT2D eigenvalue weighted by atomic mass is 15.2. The maximum absolute atomic E-state index is 4.21. The van der Waals surface area contributed by atoms with Crippen molar-refractivity contribution in [3.05, 3.63) is 53.3 Å². The van der Waals surface area contributed by atoms with Crippen molar-refractivity contribution in [1.29, 1.82) is 0 Å². The monoisotopic (exact) mass is 270 g/mol. The molecule has 20 heavy (non-hydrogen) atoms. The van der Waals surface area contributed by atoms with Crippen molar-refractivity contribution in [1.82, 2.24) is 20.4 Å². The van der Waals surface area contributed by atoms with Gasteiger partial charge in [0.25, 0.3) is 0 Å². The van der Waals surface area contributed by atoms with Gasteiger partial charge < -0.3 is 10.6 Å².